The van der Waals surface area contributed by atoms with Crippen LogP contribution in [0.2, 0.25) is 0 Å². The van der Waals surface area contributed by atoms with E-state index in [0.717, 1.165) is 16.3 Å². The molecule has 0 saturated carbocycles. The minimum atomic E-state index is -0.0342. The van der Waals surface area contributed by atoms with Crippen LogP contribution in [0.4, 0.5) is 0 Å². The molecule has 0 spiro atoms. The van der Waals surface area contributed by atoms with E-state index in [2.05, 4.69) is 35.3 Å². The van der Waals surface area contributed by atoms with Crippen molar-refractivity contribution >= 4 is 28.0 Å². The Hall–Kier alpha value is -3.18. The number of amides is 1. The number of nitrogens with zero attached hydrogens (tertiary/aromatic N) is 2. The van der Waals surface area contributed by atoms with Crippen molar-refractivity contribution in [2.45, 2.75) is 20.1 Å². The first-order valence-corrected chi connectivity index (χ1v) is 10.3. The first kappa shape index (κ1) is 19.2. The molecule has 1 aromatic heterocycles. The topological polar surface area (TPSA) is 42.4 Å². The highest BCUT2D eigenvalue weighted by molar-refractivity contribution is 7.09. The minimum Gasteiger partial charge on any atom is -0.487 e. The summed E-state index contributed by atoms with van der Waals surface area (Å²) in [5, 5.41) is 5.38. The molecule has 3 aromatic carbocycles. The first-order chi connectivity index (χ1) is 14.1. The molecule has 1 amide bonds. The van der Waals surface area contributed by atoms with Crippen molar-refractivity contribution in [3.63, 3.8) is 0 Å². The van der Waals surface area contributed by atoms with Gasteiger partial charge in [0, 0.05) is 24.5 Å². The lowest BCUT2D eigenvalue weighted by Crippen LogP contribution is -2.26. The number of thiazole rings is 1. The van der Waals surface area contributed by atoms with E-state index < -0.39 is 0 Å². The SMILES string of the molecule is Cc1nc(COc2cccc(C(=O)N(C)Cc3ccc4ccccc4c3)c2)cs1. The molecule has 0 aliphatic rings. The van der Waals surface area contributed by atoms with Crippen molar-refractivity contribution in [1.29, 1.82) is 0 Å². The lowest BCUT2D eigenvalue weighted by atomic mass is 10.1. The van der Waals surface area contributed by atoms with Gasteiger partial charge in [0.2, 0.25) is 0 Å². The molecular weight excluding hydrogens is 380 g/mol. The Morgan fingerprint density at radius 2 is 1.86 bits per heavy atom. The van der Waals surface area contributed by atoms with Crippen molar-refractivity contribution in [2.24, 2.45) is 0 Å². The fourth-order valence-electron chi connectivity index (χ4n) is 3.25. The summed E-state index contributed by atoms with van der Waals surface area (Å²) >= 11 is 1.60. The summed E-state index contributed by atoms with van der Waals surface area (Å²) in [6.07, 6.45) is 0. The number of aryl methyl sites for hydroxylation is 1. The van der Waals surface area contributed by atoms with Crippen LogP contribution in [-0.4, -0.2) is 22.8 Å². The summed E-state index contributed by atoms with van der Waals surface area (Å²) < 4.78 is 5.82. The number of carbonyl (C=O) groups is 1. The highest BCUT2D eigenvalue weighted by Gasteiger charge is 2.13. The summed E-state index contributed by atoms with van der Waals surface area (Å²) in [6, 6.07) is 21.8. The van der Waals surface area contributed by atoms with E-state index in [9.17, 15) is 4.79 Å². The van der Waals surface area contributed by atoms with Gasteiger partial charge in [0.05, 0.1) is 10.7 Å². The van der Waals surface area contributed by atoms with E-state index in [1.165, 1.54) is 10.8 Å². The second kappa shape index (κ2) is 8.45. The predicted molar refractivity (Wildman–Crippen MR) is 117 cm³/mol. The third kappa shape index (κ3) is 4.63. The Bertz CT molecular complexity index is 1150. The van der Waals surface area contributed by atoms with Crippen molar-refractivity contribution in [2.75, 3.05) is 7.05 Å². The Labute approximate surface area is 174 Å². The maximum atomic E-state index is 12.9. The predicted octanol–water partition coefficient (Wildman–Crippen LogP) is 5.46. The van der Waals surface area contributed by atoms with Crippen LogP contribution in [0.3, 0.4) is 0 Å². The monoisotopic (exact) mass is 402 g/mol. The number of rotatable bonds is 6. The minimum absolute atomic E-state index is 0.0342. The number of ether oxygens (including phenoxy) is 1. The van der Waals surface area contributed by atoms with E-state index in [0.29, 0.717) is 24.5 Å². The fourth-order valence-corrected chi connectivity index (χ4v) is 3.85. The molecule has 4 aromatic rings. The molecule has 29 heavy (non-hydrogen) atoms. The van der Waals surface area contributed by atoms with Crippen molar-refractivity contribution in [1.82, 2.24) is 9.88 Å². The van der Waals surface area contributed by atoms with Gasteiger partial charge in [-0.2, -0.15) is 0 Å². The Kier molecular flexibility index (Phi) is 5.58. The number of fused-ring (bicyclic) bond motifs is 1. The number of hydrogen-bond acceptors (Lipinski definition) is 4. The molecule has 0 aliphatic heterocycles. The van der Waals surface area contributed by atoms with E-state index in [4.69, 9.17) is 4.74 Å². The molecule has 5 heteroatoms. The van der Waals surface area contributed by atoms with Gasteiger partial charge in [-0.15, -0.1) is 11.3 Å². The molecule has 0 aliphatic carbocycles. The van der Waals surface area contributed by atoms with Gasteiger partial charge in [0.25, 0.3) is 5.91 Å². The zero-order valence-electron chi connectivity index (χ0n) is 16.5. The Morgan fingerprint density at radius 1 is 1.03 bits per heavy atom. The van der Waals surface area contributed by atoms with E-state index in [-0.39, 0.29) is 5.91 Å². The van der Waals surface area contributed by atoms with Gasteiger partial charge in [-0.05, 0) is 47.5 Å². The van der Waals surface area contributed by atoms with E-state index in [1.807, 2.05) is 49.7 Å². The van der Waals surface area contributed by atoms with Crippen LogP contribution in [-0.2, 0) is 13.2 Å². The summed E-state index contributed by atoms with van der Waals surface area (Å²) in [5.41, 5.74) is 2.61. The van der Waals surface area contributed by atoms with Crippen LogP contribution in [0.1, 0.15) is 26.6 Å². The second-order valence-corrected chi connectivity index (χ2v) is 8.08. The average molecular weight is 403 g/mol. The molecule has 0 saturated heterocycles. The summed E-state index contributed by atoms with van der Waals surface area (Å²) in [6.45, 7) is 2.92. The highest BCUT2D eigenvalue weighted by Crippen LogP contribution is 2.20. The maximum Gasteiger partial charge on any atom is 0.254 e. The molecule has 0 fully saturated rings. The van der Waals surface area contributed by atoms with Gasteiger partial charge >= 0.3 is 0 Å². The molecule has 0 atom stereocenters. The van der Waals surface area contributed by atoms with E-state index in [1.54, 1.807) is 22.3 Å². The van der Waals surface area contributed by atoms with Crippen LogP contribution in [0.25, 0.3) is 10.8 Å². The normalized spacial score (nSPS) is 10.8. The standard InChI is InChI=1S/C24H22N2O2S/c1-17-25-22(16-29-17)15-28-23-9-5-8-21(13-23)24(27)26(2)14-18-10-11-19-6-3-4-7-20(19)12-18/h3-13,16H,14-15H2,1-2H3. The van der Waals surface area contributed by atoms with E-state index >= 15 is 0 Å². The van der Waals surface area contributed by atoms with Gasteiger partial charge in [0.1, 0.15) is 12.4 Å². The third-order valence-electron chi connectivity index (χ3n) is 4.71. The van der Waals surface area contributed by atoms with Gasteiger partial charge in [-0.1, -0.05) is 42.5 Å². The number of aromatic nitrogens is 1. The van der Waals surface area contributed by atoms with Crippen LogP contribution >= 0.6 is 11.3 Å². The van der Waals surface area contributed by atoms with Crippen molar-refractivity contribution < 1.29 is 9.53 Å². The first-order valence-electron chi connectivity index (χ1n) is 9.45. The maximum absolute atomic E-state index is 12.9. The second-order valence-electron chi connectivity index (χ2n) is 7.02. The van der Waals surface area contributed by atoms with Crippen LogP contribution in [0, 0.1) is 6.92 Å². The van der Waals surface area contributed by atoms with Gasteiger partial charge in [-0.3, -0.25) is 4.79 Å². The molecular formula is C24H22N2O2S. The lowest BCUT2D eigenvalue weighted by Gasteiger charge is -2.18. The molecule has 146 valence electrons. The number of benzene rings is 3. The third-order valence-corrected chi connectivity index (χ3v) is 5.54. The zero-order chi connectivity index (χ0) is 20.2. The molecule has 4 rings (SSSR count). The summed E-state index contributed by atoms with van der Waals surface area (Å²) in [7, 11) is 1.82. The molecule has 0 radical (unpaired) electrons. The molecule has 0 unspecified atom stereocenters. The quantitative estimate of drug-likeness (QED) is 0.430. The van der Waals surface area contributed by atoms with Gasteiger partial charge in [0.15, 0.2) is 0 Å². The average Bonchev–Trinajstić information content (AvgIpc) is 3.17. The molecule has 4 nitrogen and oxygen atoms in total. The summed E-state index contributed by atoms with van der Waals surface area (Å²) in [4.78, 5) is 19.0. The van der Waals surface area contributed by atoms with Crippen molar-refractivity contribution in [3.05, 3.63) is 93.9 Å². The van der Waals surface area contributed by atoms with Crippen LogP contribution in [0.5, 0.6) is 5.75 Å². The largest absolute Gasteiger partial charge is 0.487 e. The van der Waals surface area contributed by atoms with Gasteiger partial charge < -0.3 is 9.64 Å². The number of carbonyl (C=O) groups excluding carboxylic acids is 1. The summed E-state index contributed by atoms with van der Waals surface area (Å²) in [5.74, 6) is 0.633. The molecule has 1 heterocycles. The van der Waals surface area contributed by atoms with Gasteiger partial charge in [-0.25, -0.2) is 4.98 Å². The fraction of sp³-hybridized carbons (Fsp3) is 0.167. The Morgan fingerprint density at radius 3 is 2.66 bits per heavy atom. The smallest absolute Gasteiger partial charge is 0.254 e. The molecule has 0 N–H and O–H groups in total. The van der Waals surface area contributed by atoms with Crippen LogP contribution in [0.15, 0.2) is 72.1 Å². The zero-order valence-corrected chi connectivity index (χ0v) is 17.3. The lowest BCUT2D eigenvalue weighted by molar-refractivity contribution is 0.0784. The molecule has 0 bridgehead atoms. The Balaban J connectivity index is 1.43. The van der Waals surface area contributed by atoms with Crippen molar-refractivity contribution in [3.8, 4) is 5.75 Å². The number of hydrogen-bond donors (Lipinski definition) is 0. The van der Waals surface area contributed by atoms with Crippen LogP contribution < -0.4 is 4.74 Å². The highest BCUT2D eigenvalue weighted by atomic mass is 32.1.